The molecule has 27 heavy (non-hydrogen) atoms. The van der Waals surface area contributed by atoms with E-state index in [1.807, 2.05) is 0 Å². The number of methoxy groups -OCH3 is 1. The van der Waals surface area contributed by atoms with Gasteiger partial charge in [0.15, 0.2) is 0 Å². The molecule has 2 amide bonds. The van der Waals surface area contributed by atoms with Gasteiger partial charge >= 0.3 is 0 Å². The normalized spacial score (nSPS) is 22.6. The number of anilines is 2. The van der Waals surface area contributed by atoms with Crippen LogP contribution in [0.5, 0.6) is 5.75 Å². The molecule has 2 fully saturated rings. The third kappa shape index (κ3) is 5.57. The fraction of sp³-hybridized carbons (Fsp3) is 0.579. The number of β-amino-alcohol motifs (C(OH)–C–C–N with tert-alkyl or cyclic N) is 1. The van der Waals surface area contributed by atoms with E-state index in [2.05, 4.69) is 16.0 Å². The summed E-state index contributed by atoms with van der Waals surface area (Å²) in [4.78, 5) is 24.8. The molecular formula is C19H28ClN3O4. The van der Waals surface area contributed by atoms with E-state index in [1.54, 1.807) is 25.3 Å². The molecule has 1 aromatic carbocycles. The monoisotopic (exact) mass is 397 g/mol. The van der Waals surface area contributed by atoms with Crippen molar-refractivity contribution in [3.63, 3.8) is 0 Å². The van der Waals surface area contributed by atoms with Crippen molar-refractivity contribution in [1.29, 1.82) is 0 Å². The molecule has 8 heteroatoms. The van der Waals surface area contributed by atoms with Crippen LogP contribution in [0.1, 0.15) is 38.5 Å². The minimum atomic E-state index is -0.494. The zero-order valence-electron chi connectivity index (χ0n) is 15.5. The van der Waals surface area contributed by atoms with E-state index in [0.29, 0.717) is 30.1 Å². The molecule has 3 rings (SSSR count). The van der Waals surface area contributed by atoms with Crippen LogP contribution in [0.25, 0.3) is 0 Å². The smallest absolute Gasteiger partial charge is 0.241 e. The first-order valence-electron chi connectivity index (χ1n) is 9.28. The van der Waals surface area contributed by atoms with E-state index in [4.69, 9.17) is 4.74 Å². The summed E-state index contributed by atoms with van der Waals surface area (Å²) in [6.07, 6.45) is 5.11. The highest BCUT2D eigenvalue weighted by Gasteiger charge is 2.28. The number of carbonyl (C=O) groups excluding carboxylic acids is 2. The molecule has 2 unspecified atom stereocenters. The summed E-state index contributed by atoms with van der Waals surface area (Å²) >= 11 is 0. The summed E-state index contributed by atoms with van der Waals surface area (Å²) in [6, 6.07) is 4.76. The molecule has 150 valence electrons. The zero-order valence-corrected chi connectivity index (χ0v) is 16.3. The Labute approximate surface area is 165 Å². The molecule has 1 aromatic rings. The topological polar surface area (TPSA) is 99.7 Å². The Morgan fingerprint density at radius 2 is 1.89 bits per heavy atom. The van der Waals surface area contributed by atoms with Gasteiger partial charge in [-0.2, -0.15) is 0 Å². The molecule has 0 spiro atoms. The largest absolute Gasteiger partial charge is 0.495 e. The molecule has 0 bridgehead atoms. The van der Waals surface area contributed by atoms with Crippen molar-refractivity contribution in [2.45, 2.75) is 50.7 Å². The maximum absolute atomic E-state index is 12.5. The summed E-state index contributed by atoms with van der Waals surface area (Å²) < 4.78 is 5.33. The van der Waals surface area contributed by atoms with Crippen LogP contribution < -0.4 is 20.7 Å². The highest BCUT2D eigenvalue weighted by Crippen LogP contribution is 2.30. The lowest BCUT2D eigenvalue weighted by molar-refractivity contribution is -0.120. The van der Waals surface area contributed by atoms with Crippen LogP contribution in [0, 0.1) is 5.92 Å². The summed E-state index contributed by atoms with van der Waals surface area (Å²) in [7, 11) is 1.55. The van der Waals surface area contributed by atoms with Crippen LogP contribution in [0.4, 0.5) is 11.4 Å². The maximum atomic E-state index is 12.5. The minimum absolute atomic E-state index is 0. The van der Waals surface area contributed by atoms with Crippen molar-refractivity contribution >= 4 is 35.6 Å². The first kappa shape index (κ1) is 21.5. The molecule has 2 aliphatic rings. The van der Waals surface area contributed by atoms with Crippen LogP contribution in [-0.2, 0) is 9.59 Å². The SMILES string of the molecule is COc1ccc(NC(=O)C2CC(O)CN2)cc1NC(=O)C1CCCCC1.Cl. The Kier molecular flexibility index (Phi) is 7.89. The predicted octanol–water partition coefficient (Wildman–Crippen LogP) is 2.30. The summed E-state index contributed by atoms with van der Waals surface area (Å²) in [5.74, 6) is 0.404. The molecular weight excluding hydrogens is 370 g/mol. The molecule has 1 heterocycles. The van der Waals surface area contributed by atoms with Crippen molar-refractivity contribution < 1.29 is 19.4 Å². The third-order valence-corrected chi connectivity index (χ3v) is 5.12. The van der Waals surface area contributed by atoms with Gasteiger partial charge in [-0.15, -0.1) is 12.4 Å². The molecule has 1 aliphatic heterocycles. The Hall–Kier alpha value is -1.83. The van der Waals surface area contributed by atoms with Crippen molar-refractivity contribution in [2.24, 2.45) is 5.92 Å². The summed E-state index contributed by atoms with van der Waals surface area (Å²) in [6.45, 7) is 0.420. The van der Waals surface area contributed by atoms with Crippen molar-refractivity contribution in [3.8, 4) is 5.75 Å². The number of ether oxygens (including phenoxy) is 1. The second-order valence-corrected chi connectivity index (χ2v) is 7.08. The van der Waals surface area contributed by atoms with Gasteiger partial charge in [-0.3, -0.25) is 9.59 Å². The average molecular weight is 398 g/mol. The molecule has 1 saturated carbocycles. The van der Waals surface area contributed by atoms with Gasteiger partial charge in [-0.25, -0.2) is 0 Å². The van der Waals surface area contributed by atoms with E-state index in [-0.39, 0.29) is 30.1 Å². The van der Waals surface area contributed by atoms with E-state index in [1.165, 1.54) is 6.42 Å². The van der Waals surface area contributed by atoms with Crippen LogP contribution in [0.2, 0.25) is 0 Å². The van der Waals surface area contributed by atoms with Crippen molar-refractivity contribution in [1.82, 2.24) is 5.32 Å². The lowest BCUT2D eigenvalue weighted by Gasteiger charge is -2.21. The van der Waals surface area contributed by atoms with E-state index >= 15 is 0 Å². The van der Waals surface area contributed by atoms with Gasteiger partial charge in [0.2, 0.25) is 11.8 Å². The second-order valence-electron chi connectivity index (χ2n) is 7.08. The number of aliphatic hydroxyl groups is 1. The van der Waals surface area contributed by atoms with Crippen LogP contribution in [0.15, 0.2) is 18.2 Å². The van der Waals surface area contributed by atoms with Crippen LogP contribution in [0.3, 0.4) is 0 Å². The lowest BCUT2D eigenvalue weighted by atomic mass is 9.88. The fourth-order valence-electron chi connectivity index (χ4n) is 3.63. The number of rotatable bonds is 5. The van der Waals surface area contributed by atoms with Gasteiger partial charge in [-0.1, -0.05) is 19.3 Å². The van der Waals surface area contributed by atoms with Gasteiger partial charge in [0.1, 0.15) is 5.75 Å². The lowest BCUT2D eigenvalue weighted by Crippen LogP contribution is -2.35. The first-order chi connectivity index (χ1) is 12.6. The number of halogens is 1. The Morgan fingerprint density at radius 1 is 1.15 bits per heavy atom. The molecule has 0 aromatic heterocycles. The standard InChI is InChI=1S/C19H27N3O4.ClH/c1-26-17-8-7-13(21-19(25)16-10-14(23)11-20-16)9-15(17)22-18(24)12-5-3-2-4-6-12;/h7-9,12,14,16,20,23H,2-6,10-11H2,1H3,(H,21,25)(H,22,24);1H. The average Bonchev–Trinajstić information content (AvgIpc) is 3.09. The molecule has 0 radical (unpaired) electrons. The second kappa shape index (κ2) is 9.92. The summed E-state index contributed by atoms with van der Waals surface area (Å²) in [5.41, 5.74) is 1.14. The maximum Gasteiger partial charge on any atom is 0.241 e. The number of nitrogens with one attached hydrogen (secondary N) is 3. The molecule has 1 aliphatic carbocycles. The molecule has 7 nitrogen and oxygen atoms in total. The van der Waals surface area contributed by atoms with E-state index in [9.17, 15) is 14.7 Å². The van der Waals surface area contributed by atoms with E-state index < -0.39 is 12.1 Å². The van der Waals surface area contributed by atoms with Crippen LogP contribution >= 0.6 is 12.4 Å². The first-order valence-corrected chi connectivity index (χ1v) is 9.28. The third-order valence-electron chi connectivity index (χ3n) is 5.12. The molecule has 2 atom stereocenters. The number of hydrogen-bond donors (Lipinski definition) is 4. The molecule has 4 N–H and O–H groups in total. The van der Waals surface area contributed by atoms with Gasteiger partial charge in [0.25, 0.3) is 0 Å². The predicted molar refractivity (Wildman–Crippen MR) is 106 cm³/mol. The Bertz CT molecular complexity index is 664. The van der Waals surface area contributed by atoms with Crippen molar-refractivity contribution in [3.05, 3.63) is 18.2 Å². The van der Waals surface area contributed by atoms with Crippen LogP contribution in [-0.4, -0.2) is 42.7 Å². The number of benzene rings is 1. The van der Waals surface area contributed by atoms with Gasteiger partial charge in [0.05, 0.1) is 24.9 Å². The zero-order chi connectivity index (χ0) is 18.5. The minimum Gasteiger partial charge on any atom is -0.495 e. The Balaban J connectivity index is 0.00000261. The number of hydrogen-bond acceptors (Lipinski definition) is 5. The molecule has 1 saturated heterocycles. The van der Waals surface area contributed by atoms with Crippen molar-refractivity contribution in [2.75, 3.05) is 24.3 Å². The quantitative estimate of drug-likeness (QED) is 0.611. The summed E-state index contributed by atoms with van der Waals surface area (Å²) in [5, 5.41) is 18.3. The van der Waals surface area contributed by atoms with Gasteiger partial charge in [-0.05, 0) is 37.5 Å². The number of carbonyl (C=O) groups is 2. The van der Waals surface area contributed by atoms with Gasteiger partial charge in [0, 0.05) is 18.2 Å². The number of aliphatic hydroxyl groups excluding tert-OH is 1. The Morgan fingerprint density at radius 3 is 2.52 bits per heavy atom. The number of amides is 2. The fourth-order valence-corrected chi connectivity index (χ4v) is 3.63. The van der Waals surface area contributed by atoms with Gasteiger partial charge < -0.3 is 25.8 Å². The van der Waals surface area contributed by atoms with E-state index in [0.717, 1.165) is 25.7 Å². The highest BCUT2D eigenvalue weighted by molar-refractivity contribution is 5.98. The highest BCUT2D eigenvalue weighted by atomic mass is 35.5.